The van der Waals surface area contributed by atoms with Gasteiger partial charge in [-0.25, -0.2) is 9.78 Å². The van der Waals surface area contributed by atoms with E-state index in [1.807, 2.05) is 6.26 Å². The SMILES string of the molecule is CSCCC(N)C(=O)NC(Cc1ccc(O)cc1)C(=O)NC(Cc1cnc[nH]1)C(=O)NC(C(=O)O)C(C)O. The summed E-state index contributed by atoms with van der Waals surface area (Å²) in [6.45, 7) is 1.21. The third-order valence-electron chi connectivity index (χ3n) is 5.64. The number of phenolic OH excluding ortho intramolecular Hbond substituents is 1. The van der Waals surface area contributed by atoms with Crippen molar-refractivity contribution in [3.63, 3.8) is 0 Å². The molecule has 1 aromatic carbocycles. The molecule has 1 aromatic heterocycles. The molecule has 0 aliphatic carbocycles. The number of nitrogens with one attached hydrogen (secondary N) is 4. The number of carbonyl (C=O) groups excluding carboxylic acids is 3. The van der Waals surface area contributed by atoms with Gasteiger partial charge in [0.15, 0.2) is 6.04 Å². The molecule has 38 heavy (non-hydrogen) atoms. The number of hydrogen-bond donors (Lipinski definition) is 8. The first kappa shape index (κ1) is 30.6. The van der Waals surface area contributed by atoms with E-state index in [0.29, 0.717) is 23.4 Å². The third-order valence-corrected chi connectivity index (χ3v) is 6.28. The van der Waals surface area contributed by atoms with Crippen molar-refractivity contribution in [3.05, 3.63) is 48.0 Å². The van der Waals surface area contributed by atoms with Gasteiger partial charge in [0.2, 0.25) is 17.7 Å². The molecule has 0 spiro atoms. The zero-order valence-corrected chi connectivity index (χ0v) is 21.9. The van der Waals surface area contributed by atoms with Crippen LogP contribution in [0, 0.1) is 0 Å². The van der Waals surface area contributed by atoms with Crippen LogP contribution in [0.1, 0.15) is 24.6 Å². The lowest BCUT2D eigenvalue weighted by Gasteiger charge is -2.25. The Labute approximate surface area is 224 Å². The minimum Gasteiger partial charge on any atom is -0.508 e. The van der Waals surface area contributed by atoms with E-state index in [-0.39, 0.29) is 18.6 Å². The summed E-state index contributed by atoms with van der Waals surface area (Å²) < 4.78 is 0. The average Bonchev–Trinajstić information content (AvgIpc) is 3.38. The van der Waals surface area contributed by atoms with Gasteiger partial charge in [-0.15, -0.1) is 0 Å². The topological polar surface area (TPSA) is 220 Å². The first-order chi connectivity index (χ1) is 18.0. The maximum Gasteiger partial charge on any atom is 0.328 e. The number of hydrogen-bond acceptors (Lipinski definition) is 9. The number of benzene rings is 1. The molecule has 13 nitrogen and oxygen atoms in total. The first-order valence-electron chi connectivity index (χ1n) is 11.8. The molecular weight excluding hydrogens is 516 g/mol. The zero-order valence-electron chi connectivity index (χ0n) is 21.1. The summed E-state index contributed by atoms with van der Waals surface area (Å²) in [6.07, 6.45) is 3.64. The molecule has 3 amide bonds. The molecule has 5 atom stereocenters. The number of carboxylic acid groups (broad SMARTS) is 1. The number of aliphatic carboxylic acids is 1. The average molecular weight is 551 g/mol. The summed E-state index contributed by atoms with van der Waals surface area (Å²) in [6, 6.07) is 1.17. The van der Waals surface area contributed by atoms with Crippen molar-refractivity contribution in [2.75, 3.05) is 12.0 Å². The molecule has 0 fully saturated rings. The number of thioether (sulfide) groups is 1. The largest absolute Gasteiger partial charge is 0.508 e. The lowest BCUT2D eigenvalue weighted by molar-refractivity contribution is -0.145. The highest BCUT2D eigenvalue weighted by Crippen LogP contribution is 2.12. The highest BCUT2D eigenvalue weighted by atomic mass is 32.2. The number of aromatic amines is 1. The fourth-order valence-corrected chi connectivity index (χ4v) is 3.96. The maximum absolute atomic E-state index is 13.4. The molecule has 9 N–H and O–H groups in total. The van der Waals surface area contributed by atoms with Gasteiger partial charge in [0, 0.05) is 24.7 Å². The number of aromatic nitrogens is 2. The molecule has 14 heteroatoms. The smallest absolute Gasteiger partial charge is 0.328 e. The quantitative estimate of drug-likeness (QED) is 0.134. The molecule has 1 heterocycles. The highest BCUT2D eigenvalue weighted by Gasteiger charge is 2.32. The number of imidazole rings is 1. The number of carbonyl (C=O) groups is 4. The molecule has 0 aliphatic rings. The van der Waals surface area contributed by atoms with Crippen LogP contribution in [0.25, 0.3) is 0 Å². The molecule has 0 saturated heterocycles. The third kappa shape index (κ3) is 9.68. The second-order valence-corrected chi connectivity index (χ2v) is 9.71. The summed E-state index contributed by atoms with van der Waals surface area (Å²) in [5.41, 5.74) is 7.07. The van der Waals surface area contributed by atoms with Gasteiger partial charge in [0.25, 0.3) is 0 Å². The van der Waals surface area contributed by atoms with Crippen LogP contribution in [0.3, 0.4) is 0 Å². The van der Waals surface area contributed by atoms with Crippen molar-refractivity contribution in [1.82, 2.24) is 25.9 Å². The number of amides is 3. The molecule has 0 aliphatic heterocycles. The second kappa shape index (κ2) is 15.0. The van der Waals surface area contributed by atoms with E-state index in [1.54, 1.807) is 12.1 Å². The van der Waals surface area contributed by atoms with Gasteiger partial charge in [0.1, 0.15) is 17.8 Å². The second-order valence-electron chi connectivity index (χ2n) is 8.73. The molecule has 2 rings (SSSR count). The number of carboxylic acids is 1. The Kier molecular flexibility index (Phi) is 12.0. The molecule has 0 saturated carbocycles. The highest BCUT2D eigenvalue weighted by molar-refractivity contribution is 7.98. The summed E-state index contributed by atoms with van der Waals surface area (Å²) in [7, 11) is 0. The van der Waals surface area contributed by atoms with Gasteiger partial charge in [-0.3, -0.25) is 14.4 Å². The molecule has 208 valence electrons. The Bertz CT molecular complexity index is 1060. The van der Waals surface area contributed by atoms with E-state index in [0.717, 1.165) is 0 Å². The predicted molar refractivity (Wildman–Crippen MR) is 140 cm³/mol. The fourth-order valence-electron chi connectivity index (χ4n) is 3.47. The van der Waals surface area contributed by atoms with Crippen molar-refractivity contribution in [2.24, 2.45) is 5.73 Å². The predicted octanol–water partition coefficient (Wildman–Crippen LogP) is -1.10. The minimum atomic E-state index is -1.61. The van der Waals surface area contributed by atoms with Crippen molar-refractivity contribution in [2.45, 2.75) is 56.5 Å². The van der Waals surface area contributed by atoms with Crippen LogP contribution in [-0.2, 0) is 32.0 Å². The Morgan fingerprint density at radius 1 is 1.03 bits per heavy atom. The Morgan fingerprint density at radius 2 is 1.63 bits per heavy atom. The fraction of sp³-hybridized carbons (Fsp3) is 0.458. The van der Waals surface area contributed by atoms with Crippen LogP contribution >= 0.6 is 11.8 Å². The number of aliphatic hydroxyl groups excluding tert-OH is 1. The zero-order chi connectivity index (χ0) is 28.2. The van der Waals surface area contributed by atoms with Crippen LogP contribution in [0.2, 0.25) is 0 Å². The number of aromatic hydroxyl groups is 1. The maximum atomic E-state index is 13.4. The van der Waals surface area contributed by atoms with E-state index in [2.05, 4.69) is 25.9 Å². The molecule has 0 radical (unpaired) electrons. The van der Waals surface area contributed by atoms with Crippen molar-refractivity contribution >= 4 is 35.5 Å². The van der Waals surface area contributed by atoms with Crippen LogP contribution in [0.5, 0.6) is 5.75 Å². The molecule has 5 unspecified atom stereocenters. The Morgan fingerprint density at radius 3 is 2.18 bits per heavy atom. The minimum absolute atomic E-state index is 0.0247. The lowest BCUT2D eigenvalue weighted by atomic mass is 10.0. The van der Waals surface area contributed by atoms with Gasteiger partial charge in [-0.1, -0.05) is 12.1 Å². The van der Waals surface area contributed by atoms with Crippen LogP contribution in [0.15, 0.2) is 36.8 Å². The molecular formula is C24H34N6O7S. The van der Waals surface area contributed by atoms with E-state index >= 15 is 0 Å². The van der Waals surface area contributed by atoms with Crippen molar-refractivity contribution in [1.29, 1.82) is 0 Å². The number of H-pyrrole nitrogens is 1. The van der Waals surface area contributed by atoms with E-state index in [9.17, 15) is 34.5 Å². The summed E-state index contributed by atoms with van der Waals surface area (Å²) in [5.74, 6) is -2.90. The Hall–Kier alpha value is -3.62. The van der Waals surface area contributed by atoms with Gasteiger partial charge in [-0.05, 0) is 43.0 Å². The summed E-state index contributed by atoms with van der Waals surface area (Å²) in [4.78, 5) is 57.3. The van der Waals surface area contributed by atoms with Crippen molar-refractivity contribution < 1.29 is 34.5 Å². The van der Waals surface area contributed by atoms with E-state index in [1.165, 1.54) is 43.3 Å². The molecule has 0 bridgehead atoms. The normalized spacial score (nSPS) is 14.9. The van der Waals surface area contributed by atoms with E-state index in [4.69, 9.17) is 5.73 Å². The van der Waals surface area contributed by atoms with Crippen LogP contribution < -0.4 is 21.7 Å². The first-order valence-corrected chi connectivity index (χ1v) is 13.2. The van der Waals surface area contributed by atoms with Crippen molar-refractivity contribution in [3.8, 4) is 5.75 Å². The number of phenols is 1. The number of rotatable bonds is 15. The van der Waals surface area contributed by atoms with Gasteiger partial charge < -0.3 is 42.0 Å². The monoisotopic (exact) mass is 550 g/mol. The van der Waals surface area contributed by atoms with Gasteiger partial charge >= 0.3 is 5.97 Å². The van der Waals surface area contributed by atoms with Gasteiger partial charge in [-0.2, -0.15) is 11.8 Å². The molecule has 2 aromatic rings. The van der Waals surface area contributed by atoms with Crippen LogP contribution in [0.4, 0.5) is 0 Å². The summed E-state index contributed by atoms with van der Waals surface area (Å²) in [5, 5.41) is 36.1. The van der Waals surface area contributed by atoms with Gasteiger partial charge in [0.05, 0.1) is 18.5 Å². The number of aliphatic hydroxyl groups is 1. The van der Waals surface area contributed by atoms with Crippen LogP contribution in [-0.4, -0.2) is 91.3 Å². The number of nitrogens with two attached hydrogens (primary N) is 1. The summed E-state index contributed by atoms with van der Waals surface area (Å²) >= 11 is 1.52. The lowest BCUT2D eigenvalue weighted by Crippen LogP contribution is -2.59. The van der Waals surface area contributed by atoms with E-state index < -0.39 is 54.0 Å². The standard InChI is InChI=1S/C24H34N6O7S/c1-13(31)20(24(36)37)30-23(35)19(10-15-11-26-12-27-15)29-22(34)18(9-14-3-5-16(32)6-4-14)28-21(33)17(25)7-8-38-2/h3-6,11-13,17-20,31-32H,7-10,25H2,1-2H3,(H,26,27)(H,28,33)(H,29,34)(H,30,35)(H,36,37). The Balaban J connectivity index is 2.27. The number of nitrogens with zero attached hydrogens (tertiary/aromatic N) is 1.